The summed E-state index contributed by atoms with van der Waals surface area (Å²) in [6.07, 6.45) is 6.44. The van der Waals surface area contributed by atoms with Gasteiger partial charge < -0.3 is 15.0 Å². The van der Waals surface area contributed by atoms with Crippen LogP contribution in [0.25, 0.3) is 11.3 Å². The number of carbonyl (C=O) groups excluding carboxylic acids is 1. The van der Waals surface area contributed by atoms with Crippen molar-refractivity contribution in [2.45, 2.75) is 103 Å². The van der Waals surface area contributed by atoms with Gasteiger partial charge in [0.2, 0.25) is 10.0 Å². The zero-order valence-electron chi connectivity index (χ0n) is 25.1. The highest BCUT2D eigenvalue weighted by Crippen LogP contribution is 2.36. The van der Waals surface area contributed by atoms with Gasteiger partial charge in [0.25, 0.3) is 5.91 Å². The summed E-state index contributed by atoms with van der Waals surface area (Å²) >= 11 is 0. The van der Waals surface area contributed by atoms with E-state index in [2.05, 4.69) is 29.8 Å². The molecule has 1 saturated carbocycles. The predicted octanol–water partition coefficient (Wildman–Crippen LogP) is 5.29. The lowest BCUT2D eigenvalue weighted by atomic mass is 9.89. The monoisotopic (exact) mass is 584 g/mol. The minimum atomic E-state index is -3.90. The van der Waals surface area contributed by atoms with Crippen molar-refractivity contribution < 1.29 is 18.3 Å². The maximum atomic E-state index is 13.3. The molecule has 0 atom stereocenters. The van der Waals surface area contributed by atoms with Gasteiger partial charge in [-0.25, -0.2) is 18.1 Å². The number of rotatable bonds is 10. The first-order valence-corrected chi connectivity index (χ1v) is 15.9. The Bertz CT molecular complexity index is 1440. The molecular formula is C30H44N6O4S. The molecule has 11 heteroatoms. The molecule has 0 spiro atoms. The average molecular weight is 585 g/mol. The van der Waals surface area contributed by atoms with Gasteiger partial charge in [0.05, 0.1) is 16.1 Å². The van der Waals surface area contributed by atoms with Crippen LogP contribution in [0.1, 0.15) is 94.8 Å². The van der Waals surface area contributed by atoms with E-state index in [-0.39, 0.29) is 10.8 Å². The molecule has 41 heavy (non-hydrogen) atoms. The summed E-state index contributed by atoms with van der Waals surface area (Å²) in [7, 11) is -3.90. The molecule has 1 aliphatic carbocycles. The van der Waals surface area contributed by atoms with Crippen molar-refractivity contribution in [3.8, 4) is 11.3 Å². The first-order chi connectivity index (χ1) is 19.2. The maximum absolute atomic E-state index is 13.3. The van der Waals surface area contributed by atoms with Crippen molar-refractivity contribution in [1.82, 2.24) is 14.6 Å². The van der Waals surface area contributed by atoms with Crippen LogP contribution < -0.4 is 10.0 Å². The molecule has 0 unspecified atom stereocenters. The Morgan fingerprint density at radius 2 is 1.80 bits per heavy atom. The Morgan fingerprint density at radius 3 is 2.41 bits per heavy atom. The number of hydrogen-bond acceptors (Lipinski definition) is 7. The standard InChI is InChI=1S/C30H44N6O4S/c1-20-23(28(37)31-15-14-27-32-19-33-34-27)17-25(36(20)18-21-10-8-7-9-11-21)22-12-13-26(24(16-22)30(5,6)38)41(39,40)35-29(2,3)4/h12-13,16-17,21,35,38H,7-11,14-15,18-19H2,1-6H3,(H,31,37). The number of azo groups is 1. The number of nitrogens with zero attached hydrogens (tertiary/aromatic N) is 4. The molecule has 2 aromatic rings. The second-order valence-corrected chi connectivity index (χ2v) is 14.4. The number of amidine groups is 1. The van der Waals surface area contributed by atoms with Crippen LogP contribution in [0.2, 0.25) is 0 Å². The fourth-order valence-electron chi connectivity index (χ4n) is 5.61. The van der Waals surface area contributed by atoms with Crippen LogP contribution >= 0.6 is 0 Å². The van der Waals surface area contributed by atoms with Crippen molar-refractivity contribution in [2.24, 2.45) is 21.1 Å². The molecule has 4 rings (SSSR count). The van der Waals surface area contributed by atoms with E-state index in [9.17, 15) is 18.3 Å². The fourth-order valence-corrected chi connectivity index (χ4v) is 7.37. The van der Waals surface area contributed by atoms with Crippen LogP contribution in [-0.4, -0.2) is 48.6 Å². The number of nitrogens with one attached hydrogen (secondary N) is 2. The number of amides is 1. The van der Waals surface area contributed by atoms with Gasteiger partial charge in [-0.3, -0.25) is 4.79 Å². The fraction of sp³-hybridized carbons (Fsp3) is 0.600. The molecule has 1 fully saturated rings. The zero-order valence-corrected chi connectivity index (χ0v) is 25.9. The van der Waals surface area contributed by atoms with E-state index < -0.39 is 21.2 Å². The zero-order chi connectivity index (χ0) is 30.0. The van der Waals surface area contributed by atoms with Crippen molar-refractivity contribution in [3.05, 3.63) is 41.1 Å². The minimum absolute atomic E-state index is 0.0377. The molecule has 1 aromatic heterocycles. The quantitative estimate of drug-likeness (QED) is 0.349. The second-order valence-electron chi connectivity index (χ2n) is 12.7. The third-order valence-electron chi connectivity index (χ3n) is 7.58. The number of aliphatic imine (C=N–C) groups is 1. The van der Waals surface area contributed by atoms with E-state index in [1.165, 1.54) is 19.3 Å². The Labute approximate surface area is 243 Å². The van der Waals surface area contributed by atoms with Crippen molar-refractivity contribution in [1.29, 1.82) is 0 Å². The van der Waals surface area contributed by atoms with Gasteiger partial charge in [-0.05, 0) is 84.1 Å². The Morgan fingerprint density at radius 1 is 1.10 bits per heavy atom. The average Bonchev–Trinajstić information content (AvgIpc) is 3.51. The molecule has 2 heterocycles. The summed E-state index contributed by atoms with van der Waals surface area (Å²) < 4.78 is 31.6. The third-order valence-corrected chi connectivity index (χ3v) is 9.39. The highest BCUT2D eigenvalue weighted by Gasteiger charge is 2.31. The number of aromatic nitrogens is 1. The van der Waals surface area contributed by atoms with Crippen LogP contribution in [-0.2, 0) is 22.2 Å². The van der Waals surface area contributed by atoms with Crippen LogP contribution in [0, 0.1) is 12.8 Å². The highest BCUT2D eigenvalue weighted by atomic mass is 32.2. The molecule has 3 N–H and O–H groups in total. The number of aliphatic hydroxyl groups is 1. The molecule has 2 aliphatic rings. The van der Waals surface area contributed by atoms with Crippen LogP contribution in [0.15, 0.2) is 44.4 Å². The van der Waals surface area contributed by atoms with E-state index in [1.54, 1.807) is 52.8 Å². The molecular weight excluding hydrogens is 540 g/mol. The summed E-state index contributed by atoms with van der Waals surface area (Å²) in [5.74, 6) is 0.949. The summed E-state index contributed by atoms with van der Waals surface area (Å²) in [4.78, 5) is 17.5. The minimum Gasteiger partial charge on any atom is -0.386 e. The Kier molecular flexibility index (Phi) is 9.20. The highest BCUT2D eigenvalue weighted by molar-refractivity contribution is 7.89. The molecule has 1 aliphatic heterocycles. The van der Waals surface area contributed by atoms with E-state index >= 15 is 0 Å². The Hall–Kier alpha value is -2.89. The van der Waals surface area contributed by atoms with Crippen LogP contribution in [0.4, 0.5) is 0 Å². The van der Waals surface area contributed by atoms with Crippen molar-refractivity contribution >= 4 is 21.8 Å². The lowest BCUT2D eigenvalue weighted by Gasteiger charge is -2.27. The summed E-state index contributed by atoms with van der Waals surface area (Å²) in [6.45, 7) is 12.0. The van der Waals surface area contributed by atoms with Gasteiger partial charge in [0, 0.05) is 42.0 Å². The SMILES string of the molecule is Cc1c(C(=O)NCCC2=NCN=N2)cc(-c2ccc(S(=O)(=O)NC(C)(C)C)c(C(C)(C)O)c2)n1CC1CCCCC1. The lowest BCUT2D eigenvalue weighted by Crippen LogP contribution is -2.41. The topological polar surface area (TPSA) is 138 Å². The molecule has 10 nitrogen and oxygen atoms in total. The summed E-state index contributed by atoms with van der Waals surface area (Å²) in [6, 6.07) is 6.95. The second kappa shape index (κ2) is 12.1. The maximum Gasteiger partial charge on any atom is 0.253 e. The number of benzene rings is 1. The first-order valence-electron chi connectivity index (χ1n) is 14.5. The third kappa shape index (κ3) is 7.69. The number of sulfonamides is 1. The normalized spacial score (nSPS) is 16.7. The smallest absolute Gasteiger partial charge is 0.253 e. The molecule has 0 saturated heterocycles. The van der Waals surface area contributed by atoms with E-state index in [1.807, 2.05) is 13.0 Å². The van der Waals surface area contributed by atoms with E-state index in [0.717, 1.165) is 36.3 Å². The molecule has 0 radical (unpaired) electrons. The van der Waals surface area contributed by atoms with Crippen LogP contribution in [0.5, 0.6) is 0 Å². The van der Waals surface area contributed by atoms with Gasteiger partial charge in [-0.15, -0.1) is 5.11 Å². The first kappa shape index (κ1) is 31.1. The number of carbonyl (C=O) groups is 1. The molecule has 1 aromatic carbocycles. The largest absolute Gasteiger partial charge is 0.386 e. The van der Waals surface area contributed by atoms with Crippen LogP contribution in [0.3, 0.4) is 0 Å². The summed E-state index contributed by atoms with van der Waals surface area (Å²) in [5.41, 5.74) is 1.19. The van der Waals surface area contributed by atoms with Gasteiger partial charge in [0.1, 0.15) is 5.84 Å². The van der Waals surface area contributed by atoms with Gasteiger partial charge in [-0.2, -0.15) is 5.11 Å². The molecule has 1 amide bonds. The lowest BCUT2D eigenvalue weighted by molar-refractivity contribution is 0.0755. The molecule has 224 valence electrons. The summed E-state index contributed by atoms with van der Waals surface area (Å²) in [5, 5.41) is 21.9. The Balaban J connectivity index is 1.74. The van der Waals surface area contributed by atoms with Gasteiger partial charge >= 0.3 is 0 Å². The number of hydrogen-bond donors (Lipinski definition) is 3. The van der Waals surface area contributed by atoms with Crippen molar-refractivity contribution in [3.63, 3.8) is 0 Å². The van der Waals surface area contributed by atoms with Crippen molar-refractivity contribution in [2.75, 3.05) is 13.2 Å². The van der Waals surface area contributed by atoms with E-state index in [4.69, 9.17) is 0 Å². The molecule has 0 bridgehead atoms. The predicted molar refractivity (Wildman–Crippen MR) is 161 cm³/mol. The van der Waals surface area contributed by atoms with Gasteiger partial charge in [0.15, 0.2) is 6.67 Å². The van der Waals surface area contributed by atoms with Gasteiger partial charge in [-0.1, -0.05) is 25.3 Å². The van der Waals surface area contributed by atoms with E-state index in [0.29, 0.717) is 42.5 Å².